The van der Waals surface area contributed by atoms with E-state index >= 15 is 0 Å². The second kappa shape index (κ2) is 10.8. The Morgan fingerprint density at radius 1 is 1.06 bits per heavy atom. The van der Waals surface area contributed by atoms with Crippen LogP contribution in [0.5, 0.6) is 0 Å². The van der Waals surface area contributed by atoms with Crippen LogP contribution in [0.3, 0.4) is 0 Å². The Bertz CT molecular complexity index is 1100. The van der Waals surface area contributed by atoms with Gasteiger partial charge < -0.3 is 10.6 Å². The van der Waals surface area contributed by atoms with Gasteiger partial charge in [-0.3, -0.25) is 10.1 Å². The fourth-order valence-corrected chi connectivity index (χ4v) is 3.91. The number of aromatic nitrogens is 2. The summed E-state index contributed by atoms with van der Waals surface area (Å²) in [6.07, 6.45) is 0.695. The topological polar surface area (TPSA) is 96.0 Å². The van der Waals surface area contributed by atoms with Crippen molar-refractivity contribution >= 4 is 57.3 Å². The molecule has 0 bridgehead atoms. The first-order valence-electron chi connectivity index (χ1n) is 10.0. The van der Waals surface area contributed by atoms with Gasteiger partial charge in [0.1, 0.15) is 11.0 Å². The van der Waals surface area contributed by atoms with Crippen molar-refractivity contribution in [2.24, 2.45) is 5.92 Å². The molecule has 0 aliphatic carbocycles. The summed E-state index contributed by atoms with van der Waals surface area (Å²) in [4.78, 5) is 25.5. The number of hydrogen-bond donors (Lipinski definition) is 3. The lowest BCUT2D eigenvalue weighted by molar-refractivity contribution is -0.119. The van der Waals surface area contributed by atoms with E-state index in [1.807, 2.05) is 39.0 Å². The molecule has 2 atom stereocenters. The molecule has 0 saturated carbocycles. The SMILES string of the molecule is CC[C@@H](C)[C@H](NC(=O)Nc1ccc(C)c(Cl)c1)C(=O)Nc1nnc(-c2ccc(Cl)cc2)s1. The van der Waals surface area contributed by atoms with Crippen LogP contribution in [0.25, 0.3) is 10.6 Å². The van der Waals surface area contributed by atoms with Crippen molar-refractivity contribution in [1.82, 2.24) is 15.5 Å². The van der Waals surface area contributed by atoms with Gasteiger partial charge in [0.15, 0.2) is 0 Å². The Hall–Kier alpha value is -2.68. The molecule has 7 nitrogen and oxygen atoms in total. The summed E-state index contributed by atoms with van der Waals surface area (Å²) in [5.41, 5.74) is 2.29. The van der Waals surface area contributed by atoms with E-state index in [9.17, 15) is 9.59 Å². The van der Waals surface area contributed by atoms with Crippen LogP contribution in [0.4, 0.5) is 15.6 Å². The first kappa shape index (κ1) is 24.0. The molecule has 1 heterocycles. The van der Waals surface area contributed by atoms with Gasteiger partial charge in [0, 0.05) is 21.3 Å². The molecule has 0 aliphatic heterocycles. The van der Waals surface area contributed by atoms with E-state index in [0.717, 1.165) is 11.1 Å². The highest BCUT2D eigenvalue weighted by Gasteiger charge is 2.27. The molecular formula is C22H23Cl2N5O2S. The smallest absolute Gasteiger partial charge is 0.319 e. The molecule has 0 aliphatic rings. The lowest BCUT2D eigenvalue weighted by Gasteiger charge is -2.23. The van der Waals surface area contributed by atoms with Gasteiger partial charge in [0.25, 0.3) is 0 Å². The van der Waals surface area contributed by atoms with Crippen molar-refractivity contribution in [1.29, 1.82) is 0 Å². The molecule has 0 radical (unpaired) electrons. The van der Waals surface area contributed by atoms with Gasteiger partial charge in [0.2, 0.25) is 11.0 Å². The second-order valence-corrected chi connectivity index (χ2v) is 9.16. The van der Waals surface area contributed by atoms with Crippen molar-refractivity contribution in [2.75, 3.05) is 10.6 Å². The number of carbonyl (C=O) groups excluding carboxylic acids is 2. The van der Waals surface area contributed by atoms with Gasteiger partial charge in [-0.25, -0.2) is 4.79 Å². The third kappa shape index (κ3) is 6.18. The maximum Gasteiger partial charge on any atom is 0.319 e. The monoisotopic (exact) mass is 491 g/mol. The number of nitrogens with one attached hydrogen (secondary N) is 3. The van der Waals surface area contributed by atoms with Crippen LogP contribution in [-0.4, -0.2) is 28.2 Å². The summed E-state index contributed by atoms with van der Waals surface area (Å²) in [5.74, 6) is -0.471. The third-order valence-corrected chi connectivity index (χ3v) is 6.50. The molecule has 32 heavy (non-hydrogen) atoms. The number of carbonyl (C=O) groups is 2. The number of benzene rings is 2. The molecule has 0 spiro atoms. The van der Waals surface area contributed by atoms with E-state index in [1.54, 1.807) is 24.3 Å². The third-order valence-electron chi connectivity index (χ3n) is 4.96. The summed E-state index contributed by atoms with van der Waals surface area (Å²) in [5, 5.41) is 18.6. The van der Waals surface area contributed by atoms with Gasteiger partial charge in [-0.05, 0) is 42.7 Å². The van der Waals surface area contributed by atoms with Crippen molar-refractivity contribution in [3.05, 3.63) is 58.1 Å². The Morgan fingerprint density at radius 2 is 1.78 bits per heavy atom. The summed E-state index contributed by atoms with van der Waals surface area (Å²) in [6, 6.07) is 11.2. The van der Waals surface area contributed by atoms with E-state index in [0.29, 0.717) is 32.3 Å². The van der Waals surface area contributed by atoms with Crippen LogP contribution < -0.4 is 16.0 Å². The average molecular weight is 492 g/mol. The van der Waals surface area contributed by atoms with E-state index in [-0.39, 0.29) is 11.8 Å². The summed E-state index contributed by atoms with van der Waals surface area (Å²) in [7, 11) is 0. The van der Waals surface area contributed by atoms with Crippen LogP contribution in [0.15, 0.2) is 42.5 Å². The zero-order valence-corrected chi connectivity index (χ0v) is 20.1. The quantitative estimate of drug-likeness (QED) is 0.377. The first-order valence-corrected chi connectivity index (χ1v) is 11.6. The molecule has 3 rings (SSSR count). The zero-order chi connectivity index (χ0) is 23.3. The van der Waals surface area contributed by atoms with Crippen molar-refractivity contribution < 1.29 is 9.59 Å². The Labute approximate surface area is 200 Å². The van der Waals surface area contributed by atoms with Gasteiger partial charge >= 0.3 is 6.03 Å². The molecule has 10 heteroatoms. The predicted molar refractivity (Wildman–Crippen MR) is 131 cm³/mol. The highest BCUT2D eigenvalue weighted by Crippen LogP contribution is 2.27. The summed E-state index contributed by atoms with van der Waals surface area (Å²) >= 11 is 13.3. The van der Waals surface area contributed by atoms with Crippen LogP contribution in [0.1, 0.15) is 25.8 Å². The highest BCUT2D eigenvalue weighted by atomic mass is 35.5. The molecule has 3 aromatic rings. The lowest BCUT2D eigenvalue weighted by Crippen LogP contribution is -2.49. The van der Waals surface area contributed by atoms with E-state index in [4.69, 9.17) is 23.2 Å². The second-order valence-electron chi connectivity index (χ2n) is 7.33. The summed E-state index contributed by atoms with van der Waals surface area (Å²) in [6.45, 7) is 5.72. The number of nitrogens with zero attached hydrogens (tertiary/aromatic N) is 2. The number of urea groups is 1. The number of amides is 3. The van der Waals surface area contributed by atoms with Gasteiger partial charge in [-0.2, -0.15) is 0 Å². The molecule has 0 fully saturated rings. The molecule has 0 saturated heterocycles. The number of anilines is 2. The normalized spacial score (nSPS) is 12.7. The Balaban J connectivity index is 1.67. The van der Waals surface area contributed by atoms with Crippen molar-refractivity contribution in [2.45, 2.75) is 33.2 Å². The summed E-state index contributed by atoms with van der Waals surface area (Å²) < 4.78 is 0. The van der Waals surface area contributed by atoms with E-state index in [2.05, 4.69) is 26.1 Å². The van der Waals surface area contributed by atoms with E-state index in [1.165, 1.54) is 11.3 Å². The lowest BCUT2D eigenvalue weighted by atomic mass is 9.98. The first-order chi connectivity index (χ1) is 15.3. The standard InChI is InChI=1S/C22H23Cl2N5O2S/c1-4-12(2)18(26-21(31)25-16-10-5-13(3)17(24)11-16)19(30)27-22-29-28-20(32-22)14-6-8-15(23)9-7-14/h5-12,18H,4H2,1-3H3,(H2,25,26,31)(H,27,29,30)/t12-,18+/m1/s1. The number of hydrogen-bond acceptors (Lipinski definition) is 5. The molecule has 1 aromatic heterocycles. The van der Waals surface area contributed by atoms with Crippen LogP contribution in [0, 0.1) is 12.8 Å². The zero-order valence-electron chi connectivity index (χ0n) is 17.8. The van der Waals surface area contributed by atoms with Crippen LogP contribution >= 0.6 is 34.5 Å². The molecule has 3 N–H and O–H groups in total. The van der Waals surface area contributed by atoms with Crippen LogP contribution in [0.2, 0.25) is 10.0 Å². The fraction of sp³-hybridized carbons (Fsp3) is 0.273. The molecule has 2 aromatic carbocycles. The minimum Gasteiger partial charge on any atom is -0.326 e. The minimum atomic E-state index is -0.760. The largest absolute Gasteiger partial charge is 0.326 e. The fourth-order valence-electron chi connectivity index (χ4n) is 2.85. The Kier molecular flexibility index (Phi) is 8.06. The Morgan fingerprint density at radius 3 is 2.44 bits per heavy atom. The molecule has 0 unspecified atom stereocenters. The van der Waals surface area contributed by atoms with E-state index < -0.39 is 12.1 Å². The van der Waals surface area contributed by atoms with Crippen LogP contribution in [-0.2, 0) is 4.79 Å². The maximum atomic E-state index is 12.9. The minimum absolute atomic E-state index is 0.106. The number of aryl methyl sites for hydroxylation is 1. The number of halogens is 2. The number of rotatable bonds is 7. The molecule has 168 valence electrons. The van der Waals surface area contributed by atoms with Gasteiger partial charge in [-0.15, -0.1) is 10.2 Å². The predicted octanol–water partition coefficient (Wildman–Crippen LogP) is 6.00. The van der Waals surface area contributed by atoms with Gasteiger partial charge in [0.05, 0.1) is 0 Å². The maximum absolute atomic E-state index is 12.9. The van der Waals surface area contributed by atoms with Crippen molar-refractivity contribution in [3.63, 3.8) is 0 Å². The van der Waals surface area contributed by atoms with Gasteiger partial charge in [-0.1, -0.05) is 73.0 Å². The van der Waals surface area contributed by atoms with Crippen molar-refractivity contribution in [3.8, 4) is 10.6 Å². The molecule has 3 amide bonds. The molecular weight excluding hydrogens is 469 g/mol. The average Bonchev–Trinajstić information content (AvgIpc) is 3.23. The highest BCUT2D eigenvalue weighted by molar-refractivity contribution is 7.18.